The summed E-state index contributed by atoms with van der Waals surface area (Å²) in [6.45, 7) is 58.4. The third-order valence-corrected chi connectivity index (χ3v) is 10.0. The van der Waals surface area contributed by atoms with E-state index < -0.39 is 16.7 Å². The second-order valence-corrected chi connectivity index (χ2v) is 22.5. The Morgan fingerprint density at radius 1 is 0.500 bits per heavy atom. The van der Waals surface area contributed by atoms with Gasteiger partial charge < -0.3 is 65.8 Å². The molecule has 21 nitrogen and oxygen atoms in total. The summed E-state index contributed by atoms with van der Waals surface area (Å²) in [6, 6.07) is 10.8. The molecule has 0 unspecified atom stereocenters. The topological polar surface area (TPSA) is 369 Å². The minimum absolute atomic E-state index is 0. The number of ketones is 3. The average Bonchev–Trinajstić information content (AvgIpc) is 1.70. The number of benzene rings is 1. The first-order valence-corrected chi connectivity index (χ1v) is 36.8. The van der Waals surface area contributed by atoms with Crippen molar-refractivity contribution in [1.82, 2.24) is 19.1 Å². The number of aliphatic hydroxyl groups excluding tert-OH is 3. The van der Waals surface area contributed by atoms with Gasteiger partial charge in [-0.2, -0.15) is 0 Å². The summed E-state index contributed by atoms with van der Waals surface area (Å²) in [7, 11) is 3.59. The minimum atomic E-state index is -0.587. The molecule has 2 fully saturated rings. The Labute approximate surface area is 816 Å². The van der Waals surface area contributed by atoms with E-state index in [1.54, 1.807) is 67.5 Å². The fraction of sp³-hybridized carbons (Fsp3) is 0.662. The van der Waals surface area contributed by atoms with Gasteiger partial charge in [0.1, 0.15) is 17.2 Å². The Balaban J connectivity index is -0.0000000536. The summed E-state index contributed by atoms with van der Waals surface area (Å²) in [5.74, 6) is 0.224. The van der Waals surface area contributed by atoms with Crippen LogP contribution in [0.1, 0.15) is 344 Å². The van der Waals surface area contributed by atoms with Gasteiger partial charge in [0, 0.05) is 78.3 Å². The van der Waals surface area contributed by atoms with E-state index in [0.717, 1.165) is 60.1 Å². The van der Waals surface area contributed by atoms with Crippen LogP contribution in [-0.4, -0.2) is 124 Å². The van der Waals surface area contributed by atoms with Crippen LogP contribution in [0.3, 0.4) is 0 Å². The Morgan fingerprint density at radius 2 is 0.830 bits per heavy atom. The SMILES string of the molecule is CC.CC.CC(=O)c1cc(CC(=O)c2cc(CC(=O)c3ccc(C)cc3F)c[nH]2)cn1C.CC1CC1.CC1CC1.CCC.CCC.CCC.CCC.CCC.CCC.CCC.CCCO.CCCO.CCCO.CCOC(=O)c1cc(C)cn1C.CCOC(=O)c1cc([N+](=O)[O-])c[nH]1.[K+].[K+].[K+].[K+].[OH-].[OH-].[OH-].[OH-]. The van der Waals surface area contributed by atoms with Gasteiger partial charge in [0.2, 0.25) is 0 Å². The summed E-state index contributed by atoms with van der Waals surface area (Å²) < 4.78 is 26.9. The molecule has 4 heterocycles. The van der Waals surface area contributed by atoms with Crippen molar-refractivity contribution in [1.29, 1.82) is 0 Å². The van der Waals surface area contributed by atoms with Crippen molar-refractivity contribution >= 4 is 35.0 Å². The number of hydrogen-bond donors (Lipinski definition) is 5. The van der Waals surface area contributed by atoms with Crippen LogP contribution < -0.4 is 206 Å². The number of aliphatic hydroxyl groups is 3. The number of aryl methyl sites for hydroxylation is 4. The molecule has 0 amide bonds. The number of nitro groups is 1. The smallest absolute Gasteiger partial charge is 0.870 e. The van der Waals surface area contributed by atoms with E-state index in [9.17, 15) is 38.5 Å². The predicted octanol–water partition coefficient (Wildman–Crippen LogP) is 9.74. The molecule has 2 saturated carbocycles. The van der Waals surface area contributed by atoms with Crippen LogP contribution >= 0.6 is 0 Å². The van der Waals surface area contributed by atoms with Crippen molar-refractivity contribution in [2.75, 3.05) is 33.0 Å². The molecular formula is C80H154FK4N5O16. The van der Waals surface area contributed by atoms with Crippen LogP contribution in [0.5, 0.6) is 0 Å². The van der Waals surface area contributed by atoms with E-state index in [4.69, 9.17) is 20.1 Å². The normalized spacial score (nSPS) is 9.30. The van der Waals surface area contributed by atoms with E-state index in [-0.39, 0.29) is 287 Å². The minimum Gasteiger partial charge on any atom is -0.870 e. The summed E-state index contributed by atoms with van der Waals surface area (Å²) in [4.78, 5) is 73.6. The molecule has 9 N–H and O–H groups in total. The zero-order chi connectivity index (χ0) is 78.6. The molecule has 1 aromatic carbocycles. The number of nitrogens with zero attached hydrogens (tertiary/aromatic N) is 3. The third kappa shape index (κ3) is 106. The van der Waals surface area contributed by atoms with Crippen LogP contribution in [0.2, 0.25) is 0 Å². The van der Waals surface area contributed by atoms with Gasteiger partial charge in [-0.15, -0.1) is 0 Å². The van der Waals surface area contributed by atoms with Gasteiger partial charge in [-0.1, -0.05) is 236 Å². The maximum Gasteiger partial charge on any atom is 1.00 e. The largest absolute Gasteiger partial charge is 1.00 e. The Morgan fingerprint density at radius 3 is 1.10 bits per heavy atom. The number of Topliss-reactive ketones (excluding diaryl/α,β-unsaturated/α-hetero) is 3. The fourth-order valence-corrected chi connectivity index (χ4v) is 5.48. The Hall–Kier alpha value is -0.115. The standard InChI is InChI=1S/C22H21FN2O3.C9H13NO2.C7H8N2O4.2C4H8.3C3H8O.7C3H8.2C2H6.4K.4H2O/c1-13-4-5-17(18(23)6-13)21(27)9-15-7-19(24-11-15)22(28)10-16-8-20(14(2)26)25(3)12-16;1-4-12-9(11)8-5-7(2)6-10(8)3;1-2-13-7(10)6-3-5(4-8-6)9(11)12;2*1-4-2-3-4;3*1-2-3-4;7*1-3-2;2*1-2;;;;;;;;/h4-8,11-12,24H,9-10H2,1-3H3;5-6H,4H2,1-3H3;3-4,8H,2H2,1H3;5*4H,2-3H2,1H3;7*3H2,1-2H3;2*1-2H3;;;;;4*1H2/q;;;;;;;;;;;;;;;;;4*+1;;;;/p-4. The van der Waals surface area contributed by atoms with Crippen LogP contribution in [0, 0.1) is 41.6 Å². The molecule has 26 heteroatoms. The number of aromatic nitrogens is 4. The molecule has 5 aromatic rings. The number of rotatable bonds is 15. The third-order valence-electron chi connectivity index (χ3n) is 10.0. The number of hydrogen-bond acceptors (Lipinski definition) is 16. The van der Waals surface area contributed by atoms with Crippen molar-refractivity contribution in [3.05, 3.63) is 134 Å². The van der Waals surface area contributed by atoms with Crippen LogP contribution in [0.25, 0.3) is 0 Å². The molecule has 4 aromatic heterocycles. The van der Waals surface area contributed by atoms with Gasteiger partial charge in [-0.3, -0.25) is 24.5 Å². The number of halogens is 1. The van der Waals surface area contributed by atoms with Gasteiger partial charge in [-0.25, -0.2) is 14.0 Å². The number of esters is 2. The first kappa shape index (κ1) is 151. The van der Waals surface area contributed by atoms with Crippen LogP contribution in [0.15, 0.2) is 67.3 Å². The first-order valence-electron chi connectivity index (χ1n) is 36.8. The zero-order valence-corrected chi connectivity index (χ0v) is 86.4. The number of aromatic amines is 2. The second-order valence-electron chi connectivity index (χ2n) is 22.5. The maximum atomic E-state index is 14.0. The molecule has 0 atom stereocenters. The molecule has 2 aliphatic carbocycles. The van der Waals surface area contributed by atoms with E-state index >= 15 is 0 Å². The Kier molecular flexibility index (Phi) is 165. The summed E-state index contributed by atoms with van der Waals surface area (Å²) in [5.41, 5.74) is 4.68. The molecular weight excluding hydrogens is 1460 g/mol. The number of ether oxygens (including phenoxy) is 2. The quantitative estimate of drug-likeness (QED) is 0.0214. The Bertz CT molecular complexity index is 2530. The van der Waals surface area contributed by atoms with Crippen molar-refractivity contribution in [3.63, 3.8) is 0 Å². The summed E-state index contributed by atoms with van der Waals surface area (Å²) in [5, 5.41) is 33.9. The molecule has 0 bridgehead atoms. The summed E-state index contributed by atoms with van der Waals surface area (Å²) in [6.07, 6.45) is 23.8. The molecule has 2 aliphatic rings. The molecule has 0 radical (unpaired) electrons. The van der Waals surface area contributed by atoms with Crippen LogP contribution in [-0.2, 0) is 36.4 Å². The first-order chi connectivity index (χ1) is 46.5. The van der Waals surface area contributed by atoms with E-state index in [0.29, 0.717) is 49.1 Å². The maximum absolute atomic E-state index is 14.0. The van der Waals surface area contributed by atoms with Gasteiger partial charge >= 0.3 is 217 Å². The monoisotopic (exact) mass is 1620 g/mol. The number of carbonyl (C=O) groups excluding carboxylic acids is 5. The van der Waals surface area contributed by atoms with E-state index in [1.807, 2.05) is 74.7 Å². The molecule has 7 rings (SSSR count). The zero-order valence-electron chi connectivity index (χ0n) is 73.9. The molecule has 0 spiro atoms. The van der Waals surface area contributed by atoms with Crippen molar-refractivity contribution in [3.8, 4) is 0 Å². The molecule has 106 heavy (non-hydrogen) atoms. The van der Waals surface area contributed by atoms with Crippen molar-refractivity contribution in [2.24, 2.45) is 25.9 Å². The molecule has 0 saturated heterocycles. The van der Waals surface area contributed by atoms with Crippen molar-refractivity contribution < 1.29 is 286 Å². The van der Waals surface area contributed by atoms with Crippen LogP contribution in [0.4, 0.5) is 10.1 Å². The predicted molar refractivity (Wildman–Crippen MR) is 424 cm³/mol. The molecule has 606 valence electrons. The average molecular weight is 1620 g/mol. The van der Waals surface area contributed by atoms with Gasteiger partial charge in [0.25, 0.3) is 5.69 Å². The van der Waals surface area contributed by atoms with Crippen molar-refractivity contribution in [2.45, 2.75) is 297 Å². The van der Waals surface area contributed by atoms with Gasteiger partial charge in [-0.05, 0) is 111 Å². The van der Waals surface area contributed by atoms with Gasteiger partial charge in [0.15, 0.2) is 17.3 Å². The number of nitrogens with one attached hydrogen (secondary N) is 2. The fourth-order valence-electron chi connectivity index (χ4n) is 5.48. The van der Waals surface area contributed by atoms with E-state index in [1.165, 1.54) is 89.7 Å². The van der Waals surface area contributed by atoms with Gasteiger partial charge in [0.05, 0.1) is 41.3 Å². The number of H-pyrrole nitrogens is 2. The number of carbonyl (C=O) groups is 5. The second kappa shape index (κ2) is 116. The molecule has 0 aliphatic heterocycles. The van der Waals surface area contributed by atoms with E-state index in [2.05, 4.69) is 125 Å². The summed E-state index contributed by atoms with van der Waals surface area (Å²) >= 11 is 0.